The topological polar surface area (TPSA) is 24.5 Å². The van der Waals surface area contributed by atoms with Crippen LogP contribution in [0.25, 0.3) is 0 Å². The van der Waals surface area contributed by atoms with Crippen molar-refractivity contribution in [3.63, 3.8) is 0 Å². The highest BCUT2D eigenvalue weighted by atomic mass is 16.5. The molecule has 92 valence electrons. The Balaban J connectivity index is 1.56. The summed E-state index contributed by atoms with van der Waals surface area (Å²) in [7, 11) is 0. The summed E-state index contributed by atoms with van der Waals surface area (Å²) < 4.78 is 5.94. The number of hydrogen-bond donors (Lipinski definition) is 1. The summed E-state index contributed by atoms with van der Waals surface area (Å²) in [5.74, 6) is 0.894. The lowest BCUT2D eigenvalue weighted by molar-refractivity contribution is 0.0525. The molecule has 1 N–H and O–H groups in total. The Kier molecular flexibility index (Phi) is 3.18. The molecule has 2 heterocycles. The molecule has 0 aromatic heterocycles. The van der Waals surface area contributed by atoms with Crippen molar-refractivity contribution in [1.82, 2.24) is 10.2 Å². The molecule has 3 fully saturated rings. The van der Waals surface area contributed by atoms with Gasteiger partial charge in [-0.25, -0.2) is 0 Å². The van der Waals surface area contributed by atoms with Crippen LogP contribution >= 0.6 is 0 Å². The number of nitrogens with zero attached hydrogens (tertiary/aromatic N) is 1. The molecule has 2 saturated heterocycles. The fraction of sp³-hybridized carbons (Fsp3) is 1.00. The molecular formula is C13H24N2O. The Morgan fingerprint density at radius 2 is 2.12 bits per heavy atom. The van der Waals surface area contributed by atoms with Crippen LogP contribution in [0.5, 0.6) is 0 Å². The predicted molar refractivity (Wildman–Crippen MR) is 64.5 cm³/mol. The van der Waals surface area contributed by atoms with E-state index < -0.39 is 0 Å². The summed E-state index contributed by atoms with van der Waals surface area (Å²) in [6.07, 6.45) is 5.97. The Hall–Kier alpha value is -0.120. The molecule has 0 aromatic carbocycles. The van der Waals surface area contributed by atoms with Gasteiger partial charge in [-0.15, -0.1) is 0 Å². The van der Waals surface area contributed by atoms with Crippen LogP contribution in [-0.4, -0.2) is 49.3 Å². The molecule has 2 aliphatic heterocycles. The third kappa shape index (κ3) is 2.13. The van der Waals surface area contributed by atoms with Crippen molar-refractivity contribution in [2.24, 2.45) is 5.92 Å². The minimum atomic E-state index is 0.570. The maximum absolute atomic E-state index is 5.94. The largest absolute Gasteiger partial charge is 0.376 e. The van der Waals surface area contributed by atoms with Crippen LogP contribution in [0.4, 0.5) is 0 Å². The smallest absolute Gasteiger partial charge is 0.0759 e. The molecule has 0 radical (unpaired) electrons. The van der Waals surface area contributed by atoms with E-state index in [1.165, 1.54) is 38.8 Å². The number of rotatable bonds is 4. The maximum Gasteiger partial charge on any atom is 0.0759 e. The zero-order chi connectivity index (χ0) is 11.0. The Labute approximate surface area is 98.5 Å². The fourth-order valence-corrected chi connectivity index (χ4v) is 3.41. The van der Waals surface area contributed by atoms with Crippen molar-refractivity contribution in [3.8, 4) is 0 Å². The van der Waals surface area contributed by atoms with Gasteiger partial charge in [0.25, 0.3) is 0 Å². The normalized spacial score (nSPS) is 40.7. The highest BCUT2D eigenvalue weighted by molar-refractivity contribution is 4.97. The van der Waals surface area contributed by atoms with Crippen LogP contribution in [0.1, 0.15) is 32.6 Å². The van der Waals surface area contributed by atoms with Gasteiger partial charge in [0.05, 0.1) is 6.10 Å². The van der Waals surface area contributed by atoms with Crippen molar-refractivity contribution >= 4 is 0 Å². The van der Waals surface area contributed by atoms with Gasteiger partial charge in [0.2, 0.25) is 0 Å². The quantitative estimate of drug-likeness (QED) is 0.777. The standard InChI is InChI=1S/C13H24N2O/c1-2-14-11-5-7-15(9-11)12-6-8-16-13(12)10-3-4-10/h10-14H,2-9H2,1H3. The first-order valence-electron chi connectivity index (χ1n) is 6.97. The number of ether oxygens (including phenoxy) is 1. The SMILES string of the molecule is CCNC1CCN(C2CCOC2C2CC2)C1. The lowest BCUT2D eigenvalue weighted by Crippen LogP contribution is -2.42. The molecule has 3 aliphatic rings. The molecule has 16 heavy (non-hydrogen) atoms. The third-order valence-corrected chi connectivity index (χ3v) is 4.37. The van der Waals surface area contributed by atoms with Gasteiger partial charge in [0.15, 0.2) is 0 Å². The third-order valence-electron chi connectivity index (χ3n) is 4.37. The first kappa shape index (κ1) is 11.0. The first-order chi connectivity index (χ1) is 7.88. The van der Waals surface area contributed by atoms with Gasteiger partial charge in [-0.3, -0.25) is 4.90 Å². The first-order valence-corrected chi connectivity index (χ1v) is 6.97. The Morgan fingerprint density at radius 3 is 2.88 bits per heavy atom. The van der Waals surface area contributed by atoms with Crippen LogP contribution < -0.4 is 5.32 Å². The van der Waals surface area contributed by atoms with E-state index in [2.05, 4.69) is 17.1 Å². The van der Waals surface area contributed by atoms with Crippen molar-refractivity contribution < 1.29 is 4.74 Å². The predicted octanol–water partition coefficient (Wildman–Crippen LogP) is 1.24. The van der Waals surface area contributed by atoms with Gasteiger partial charge < -0.3 is 10.1 Å². The molecule has 1 aliphatic carbocycles. The molecule has 0 aromatic rings. The van der Waals surface area contributed by atoms with Crippen molar-refractivity contribution in [1.29, 1.82) is 0 Å². The molecule has 1 saturated carbocycles. The fourth-order valence-electron chi connectivity index (χ4n) is 3.41. The van der Waals surface area contributed by atoms with E-state index in [1.807, 2.05) is 0 Å². The van der Waals surface area contributed by atoms with Gasteiger partial charge in [0, 0.05) is 31.8 Å². The maximum atomic E-state index is 5.94. The molecule has 0 amide bonds. The zero-order valence-corrected chi connectivity index (χ0v) is 10.3. The molecule has 0 spiro atoms. The highest BCUT2D eigenvalue weighted by Crippen LogP contribution is 2.40. The van der Waals surface area contributed by atoms with Gasteiger partial charge in [0.1, 0.15) is 0 Å². The number of likely N-dealkylation sites (N-methyl/N-ethyl adjacent to an activating group) is 1. The van der Waals surface area contributed by atoms with Crippen LogP contribution in [0.15, 0.2) is 0 Å². The zero-order valence-electron chi connectivity index (χ0n) is 10.3. The van der Waals surface area contributed by atoms with Crippen molar-refractivity contribution in [2.45, 2.75) is 50.8 Å². The highest BCUT2D eigenvalue weighted by Gasteiger charge is 2.44. The van der Waals surface area contributed by atoms with Gasteiger partial charge >= 0.3 is 0 Å². The lowest BCUT2D eigenvalue weighted by atomic mass is 10.1. The lowest BCUT2D eigenvalue weighted by Gasteiger charge is -2.28. The summed E-state index contributed by atoms with van der Waals surface area (Å²) in [6.45, 7) is 6.81. The minimum absolute atomic E-state index is 0.570. The van der Waals surface area contributed by atoms with Gasteiger partial charge in [-0.2, -0.15) is 0 Å². The molecule has 3 rings (SSSR count). The minimum Gasteiger partial charge on any atom is -0.376 e. The number of likely N-dealkylation sites (tertiary alicyclic amines) is 1. The average molecular weight is 224 g/mol. The van der Waals surface area contributed by atoms with E-state index in [4.69, 9.17) is 4.74 Å². The Morgan fingerprint density at radius 1 is 1.25 bits per heavy atom. The second-order valence-corrected chi connectivity index (χ2v) is 5.57. The average Bonchev–Trinajstić information content (AvgIpc) is 2.84. The second-order valence-electron chi connectivity index (χ2n) is 5.57. The van der Waals surface area contributed by atoms with E-state index in [9.17, 15) is 0 Å². The summed E-state index contributed by atoms with van der Waals surface area (Å²) in [5, 5.41) is 3.58. The molecule has 3 nitrogen and oxygen atoms in total. The van der Waals surface area contributed by atoms with Crippen LogP contribution in [-0.2, 0) is 4.74 Å². The van der Waals surface area contributed by atoms with Crippen molar-refractivity contribution in [2.75, 3.05) is 26.2 Å². The Bertz CT molecular complexity index is 242. The van der Waals surface area contributed by atoms with Crippen molar-refractivity contribution in [3.05, 3.63) is 0 Å². The van der Waals surface area contributed by atoms with E-state index in [0.717, 1.165) is 31.2 Å². The van der Waals surface area contributed by atoms with E-state index in [0.29, 0.717) is 6.10 Å². The van der Waals surface area contributed by atoms with Crippen LogP contribution in [0, 0.1) is 5.92 Å². The summed E-state index contributed by atoms with van der Waals surface area (Å²) in [5.41, 5.74) is 0. The van der Waals surface area contributed by atoms with E-state index in [-0.39, 0.29) is 0 Å². The summed E-state index contributed by atoms with van der Waals surface area (Å²) >= 11 is 0. The molecule has 3 atom stereocenters. The monoisotopic (exact) mass is 224 g/mol. The van der Waals surface area contributed by atoms with Crippen LogP contribution in [0.2, 0.25) is 0 Å². The van der Waals surface area contributed by atoms with Gasteiger partial charge in [-0.05, 0) is 38.1 Å². The van der Waals surface area contributed by atoms with E-state index in [1.54, 1.807) is 0 Å². The number of hydrogen-bond acceptors (Lipinski definition) is 3. The molecule has 3 heteroatoms. The molecule has 0 bridgehead atoms. The number of nitrogens with one attached hydrogen (secondary N) is 1. The van der Waals surface area contributed by atoms with E-state index >= 15 is 0 Å². The van der Waals surface area contributed by atoms with Crippen LogP contribution in [0.3, 0.4) is 0 Å². The second kappa shape index (κ2) is 4.63. The molecular weight excluding hydrogens is 200 g/mol. The molecule has 3 unspecified atom stereocenters. The van der Waals surface area contributed by atoms with Gasteiger partial charge in [-0.1, -0.05) is 6.92 Å². The summed E-state index contributed by atoms with van der Waals surface area (Å²) in [4.78, 5) is 2.68. The summed E-state index contributed by atoms with van der Waals surface area (Å²) in [6, 6.07) is 1.46.